The zero-order valence-corrected chi connectivity index (χ0v) is 13.5. The van der Waals surface area contributed by atoms with Gasteiger partial charge in [0.15, 0.2) is 0 Å². The number of halogens is 1. The molecule has 2 rings (SSSR count). The number of benzene rings is 1. The molecule has 0 aliphatic heterocycles. The number of hydrogen-bond donors (Lipinski definition) is 2. The Hall–Kier alpha value is -1.83. The van der Waals surface area contributed by atoms with Crippen LogP contribution in [0.15, 0.2) is 47.5 Å². The summed E-state index contributed by atoms with van der Waals surface area (Å²) in [7, 11) is -2.09. The van der Waals surface area contributed by atoms with Crippen molar-refractivity contribution in [3.63, 3.8) is 0 Å². The molecule has 1 heterocycles. The van der Waals surface area contributed by atoms with E-state index in [9.17, 15) is 8.42 Å². The highest BCUT2D eigenvalue weighted by Crippen LogP contribution is 2.18. The third-order valence-electron chi connectivity index (χ3n) is 2.74. The molecule has 0 atom stereocenters. The van der Waals surface area contributed by atoms with E-state index in [4.69, 9.17) is 16.3 Å². The minimum atomic E-state index is -3.71. The van der Waals surface area contributed by atoms with Crippen molar-refractivity contribution in [1.29, 1.82) is 0 Å². The lowest BCUT2D eigenvalue weighted by atomic mass is 10.4. The van der Waals surface area contributed by atoms with Gasteiger partial charge < -0.3 is 10.1 Å². The fourth-order valence-electron chi connectivity index (χ4n) is 1.69. The van der Waals surface area contributed by atoms with Crippen LogP contribution >= 0.6 is 11.6 Å². The summed E-state index contributed by atoms with van der Waals surface area (Å²) in [5, 5.41) is 3.45. The van der Waals surface area contributed by atoms with Crippen molar-refractivity contribution in [2.24, 2.45) is 0 Å². The Morgan fingerprint density at radius 1 is 1.27 bits per heavy atom. The van der Waals surface area contributed by atoms with Gasteiger partial charge in [-0.1, -0.05) is 17.7 Å². The van der Waals surface area contributed by atoms with Crippen LogP contribution in [-0.2, 0) is 14.8 Å². The summed E-state index contributed by atoms with van der Waals surface area (Å²) in [6.45, 7) is 1.22. The van der Waals surface area contributed by atoms with Gasteiger partial charge in [0.25, 0.3) is 10.0 Å². The lowest BCUT2D eigenvalue weighted by Crippen LogP contribution is -2.14. The summed E-state index contributed by atoms with van der Waals surface area (Å²) in [5.41, 5.74) is 0.780. The smallest absolute Gasteiger partial charge is 0.263 e. The van der Waals surface area contributed by atoms with Crippen LogP contribution in [0.1, 0.15) is 0 Å². The van der Waals surface area contributed by atoms with Crippen molar-refractivity contribution in [2.75, 3.05) is 30.3 Å². The largest absolute Gasteiger partial charge is 0.383 e. The Labute approximate surface area is 134 Å². The molecule has 0 saturated carbocycles. The summed E-state index contributed by atoms with van der Waals surface area (Å²) in [6.07, 6.45) is 1.55. The van der Waals surface area contributed by atoms with Crippen molar-refractivity contribution in [2.45, 2.75) is 4.90 Å². The number of hydrogen-bond acceptors (Lipinski definition) is 5. The van der Waals surface area contributed by atoms with Crippen molar-refractivity contribution >= 4 is 33.1 Å². The van der Waals surface area contributed by atoms with Gasteiger partial charge in [-0.3, -0.25) is 4.72 Å². The summed E-state index contributed by atoms with van der Waals surface area (Å²) in [4.78, 5) is 4.15. The van der Waals surface area contributed by atoms with Crippen LogP contribution in [0, 0.1) is 0 Å². The number of rotatable bonds is 7. The summed E-state index contributed by atoms with van der Waals surface area (Å²) >= 11 is 5.81. The van der Waals surface area contributed by atoms with E-state index >= 15 is 0 Å². The van der Waals surface area contributed by atoms with Crippen molar-refractivity contribution in [1.82, 2.24) is 4.98 Å². The first-order chi connectivity index (χ1) is 10.5. The van der Waals surface area contributed by atoms with E-state index in [1.807, 2.05) is 0 Å². The predicted octanol–water partition coefficient (Wildman–Crippen LogP) is 2.59. The van der Waals surface area contributed by atoms with Crippen molar-refractivity contribution in [3.05, 3.63) is 47.6 Å². The van der Waals surface area contributed by atoms with E-state index < -0.39 is 10.0 Å². The summed E-state index contributed by atoms with van der Waals surface area (Å²) < 4.78 is 31.7. The van der Waals surface area contributed by atoms with Gasteiger partial charge >= 0.3 is 0 Å². The number of sulfonamides is 1. The zero-order chi connectivity index (χ0) is 16.0. The molecule has 2 N–H and O–H groups in total. The molecule has 1 aromatic heterocycles. The Morgan fingerprint density at radius 2 is 2.09 bits per heavy atom. The molecule has 22 heavy (non-hydrogen) atoms. The second-order valence-corrected chi connectivity index (χ2v) is 6.53. The normalized spacial score (nSPS) is 11.2. The maximum atomic E-state index is 12.2. The molecule has 0 amide bonds. The van der Waals surface area contributed by atoms with Crippen molar-refractivity contribution < 1.29 is 13.2 Å². The fraction of sp³-hybridized carbons (Fsp3) is 0.214. The lowest BCUT2D eigenvalue weighted by Gasteiger charge is -2.09. The molecule has 1 aromatic carbocycles. The number of nitrogens with one attached hydrogen (secondary N) is 2. The maximum absolute atomic E-state index is 12.2. The minimum absolute atomic E-state index is 0.0871. The van der Waals surface area contributed by atoms with E-state index in [0.717, 1.165) is 5.69 Å². The third-order valence-corrected chi connectivity index (χ3v) is 4.33. The first-order valence-corrected chi connectivity index (χ1v) is 8.34. The van der Waals surface area contributed by atoms with Gasteiger partial charge in [-0.15, -0.1) is 0 Å². The predicted molar refractivity (Wildman–Crippen MR) is 86.9 cm³/mol. The second kappa shape index (κ2) is 7.44. The van der Waals surface area contributed by atoms with Crippen LogP contribution < -0.4 is 10.0 Å². The van der Waals surface area contributed by atoms with Crippen LogP contribution in [0.2, 0.25) is 5.02 Å². The number of ether oxygens (including phenoxy) is 1. The second-order valence-electron chi connectivity index (χ2n) is 4.41. The number of nitrogens with zero attached hydrogens (tertiary/aromatic N) is 1. The third kappa shape index (κ3) is 4.59. The molecule has 8 heteroatoms. The molecule has 0 bridgehead atoms. The molecule has 0 aliphatic carbocycles. The molecule has 2 aromatic rings. The van der Waals surface area contributed by atoms with Crippen LogP contribution in [0.3, 0.4) is 0 Å². The van der Waals surface area contributed by atoms with Crippen molar-refractivity contribution in [3.8, 4) is 0 Å². The van der Waals surface area contributed by atoms with Crippen LogP contribution in [0.5, 0.6) is 0 Å². The average molecular weight is 342 g/mol. The quantitative estimate of drug-likeness (QED) is 0.757. The van der Waals surface area contributed by atoms with E-state index in [2.05, 4.69) is 15.0 Å². The Bertz CT molecular complexity index is 720. The molecule has 6 nitrogen and oxygen atoms in total. The van der Waals surface area contributed by atoms with Gasteiger partial charge in [0.05, 0.1) is 23.4 Å². The Morgan fingerprint density at radius 3 is 2.73 bits per heavy atom. The average Bonchev–Trinajstić information content (AvgIpc) is 2.49. The summed E-state index contributed by atoms with van der Waals surface area (Å²) in [5.74, 6) is 0.234. The van der Waals surface area contributed by atoms with Crippen LogP contribution in [0.4, 0.5) is 11.5 Å². The van der Waals surface area contributed by atoms with Gasteiger partial charge in [0, 0.05) is 18.7 Å². The van der Waals surface area contributed by atoms with E-state index in [-0.39, 0.29) is 10.7 Å². The Balaban J connectivity index is 2.06. The Kier molecular flexibility index (Phi) is 5.59. The molecule has 0 spiro atoms. The first kappa shape index (κ1) is 16.5. The molecule has 118 valence electrons. The SMILES string of the molecule is COCCNc1ccc(NS(=O)(=O)c2cccc(Cl)c2)nc1. The monoisotopic (exact) mass is 341 g/mol. The standard InChI is InChI=1S/C14H16ClN3O3S/c1-21-8-7-16-12-5-6-14(17-10-12)18-22(19,20)13-4-2-3-11(15)9-13/h2-6,9-10,16H,7-8H2,1H3,(H,17,18). The lowest BCUT2D eigenvalue weighted by molar-refractivity contribution is 0.211. The topological polar surface area (TPSA) is 80.3 Å². The number of anilines is 2. The van der Waals surface area contributed by atoms with Gasteiger partial charge in [-0.25, -0.2) is 13.4 Å². The highest BCUT2D eigenvalue weighted by Gasteiger charge is 2.14. The fourth-order valence-corrected chi connectivity index (χ4v) is 3.00. The molecule has 0 fully saturated rings. The first-order valence-electron chi connectivity index (χ1n) is 6.48. The van der Waals surface area contributed by atoms with E-state index in [1.54, 1.807) is 37.6 Å². The minimum Gasteiger partial charge on any atom is -0.383 e. The zero-order valence-electron chi connectivity index (χ0n) is 11.9. The molecule has 0 aliphatic rings. The van der Waals surface area contributed by atoms with Crippen LogP contribution in [0.25, 0.3) is 0 Å². The molecule has 0 radical (unpaired) electrons. The number of pyridine rings is 1. The molecule has 0 saturated heterocycles. The van der Waals surface area contributed by atoms with Gasteiger partial charge in [0.2, 0.25) is 0 Å². The van der Waals surface area contributed by atoms with E-state index in [1.165, 1.54) is 12.1 Å². The van der Waals surface area contributed by atoms with Gasteiger partial charge in [-0.05, 0) is 30.3 Å². The summed E-state index contributed by atoms with van der Waals surface area (Å²) in [6, 6.07) is 9.35. The molecular weight excluding hydrogens is 326 g/mol. The highest BCUT2D eigenvalue weighted by molar-refractivity contribution is 7.92. The molecular formula is C14H16ClN3O3S. The molecule has 0 unspecified atom stereocenters. The highest BCUT2D eigenvalue weighted by atomic mass is 35.5. The van der Waals surface area contributed by atoms with Gasteiger partial charge in [-0.2, -0.15) is 0 Å². The number of methoxy groups -OCH3 is 1. The van der Waals surface area contributed by atoms with Crippen LogP contribution in [-0.4, -0.2) is 33.7 Å². The maximum Gasteiger partial charge on any atom is 0.263 e. The van der Waals surface area contributed by atoms with E-state index in [0.29, 0.717) is 18.2 Å². The van der Waals surface area contributed by atoms with Gasteiger partial charge in [0.1, 0.15) is 5.82 Å². The number of aromatic nitrogens is 1.